The number of hydrogen-bond acceptors (Lipinski definition) is 2. The Bertz CT molecular complexity index is 151. The molecule has 2 atom stereocenters. The summed E-state index contributed by atoms with van der Waals surface area (Å²) in [6.45, 7) is 5.05. The molecular weight excluding hydrogens is 191 g/mol. The van der Waals surface area contributed by atoms with E-state index in [1.54, 1.807) is 0 Å². The molecule has 0 spiro atoms. The van der Waals surface area contributed by atoms with Gasteiger partial charge in [0, 0.05) is 12.6 Å². The average molecular weight is 208 g/mol. The van der Waals surface area contributed by atoms with Crippen LogP contribution in [0.3, 0.4) is 0 Å². The van der Waals surface area contributed by atoms with Crippen LogP contribution in [0.5, 0.6) is 0 Å². The van der Waals surface area contributed by atoms with Crippen molar-refractivity contribution in [3.63, 3.8) is 0 Å². The van der Waals surface area contributed by atoms with E-state index in [0.29, 0.717) is 12.5 Å². The second-order valence-corrected chi connectivity index (χ2v) is 3.92. The van der Waals surface area contributed by atoms with Crippen LogP contribution < -0.4 is 51.4 Å². The van der Waals surface area contributed by atoms with Crippen LogP contribution in [0.2, 0.25) is 0 Å². The van der Waals surface area contributed by atoms with Gasteiger partial charge in [0.2, 0.25) is 0 Å². The Balaban J connectivity index is 0.000000845. The third kappa shape index (κ3) is 3.54. The first-order chi connectivity index (χ1) is 5.86. The van der Waals surface area contributed by atoms with Crippen molar-refractivity contribution >= 4 is 0 Å². The van der Waals surface area contributed by atoms with Crippen LogP contribution in [0.15, 0.2) is 0 Å². The average Bonchev–Trinajstić information content (AvgIpc) is 2.65. The van der Waals surface area contributed by atoms with Gasteiger partial charge in [-0.1, -0.05) is 0 Å². The zero-order valence-corrected chi connectivity index (χ0v) is 11.6. The molecule has 0 aliphatic carbocycles. The van der Waals surface area contributed by atoms with E-state index in [1.165, 1.54) is 25.9 Å². The largest absolute Gasteiger partial charge is 1.00 e. The number of aliphatic hydroxyl groups is 1. The van der Waals surface area contributed by atoms with Crippen molar-refractivity contribution in [1.29, 1.82) is 0 Å². The summed E-state index contributed by atoms with van der Waals surface area (Å²) < 4.78 is 0. The number of hydrogen-bond donors (Lipinski definition) is 1. The molecule has 2 heterocycles. The number of rotatable bonds is 2. The fraction of sp³-hybridized carbons (Fsp3) is 1.00. The van der Waals surface area contributed by atoms with Gasteiger partial charge in [0.05, 0.1) is 0 Å². The van der Waals surface area contributed by atoms with Gasteiger partial charge < -0.3 is 15.3 Å². The summed E-state index contributed by atoms with van der Waals surface area (Å²) in [4.78, 5) is 2.45. The molecule has 0 aromatic heterocycles. The molecular formula is C9H17KN2O. The molecule has 2 unspecified atom stereocenters. The predicted molar refractivity (Wildman–Crippen MR) is 48.3 cm³/mol. The van der Waals surface area contributed by atoms with Crippen molar-refractivity contribution in [2.45, 2.75) is 18.9 Å². The fourth-order valence-corrected chi connectivity index (χ4v) is 2.12. The van der Waals surface area contributed by atoms with E-state index in [0.717, 1.165) is 13.1 Å². The molecule has 2 aliphatic heterocycles. The van der Waals surface area contributed by atoms with Gasteiger partial charge in [-0.05, 0) is 31.8 Å². The van der Waals surface area contributed by atoms with Gasteiger partial charge in [0.1, 0.15) is 0 Å². The Hall–Kier alpha value is 1.52. The van der Waals surface area contributed by atoms with Crippen LogP contribution in [0, 0.1) is 5.92 Å². The van der Waals surface area contributed by atoms with E-state index in [4.69, 9.17) is 0 Å². The third-order valence-corrected chi connectivity index (χ3v) is 2.92. The SMILES string of the molecule is OC1C[N-]CC1CN1CCCC1.[K+]. The summed E-state index contributed by atoms with van der Waals surface area (Å²) in [5.74, 6) is 0.420. The topological polar surface area (TPSA) is 37.6 Å². The first kappa shape index (κ1) is 12.6. The summed E-state index contributed by atoms with van der Waals surface area (Å²) in [5, 5.41) is 13.7. The van der Waals surface area contributed by atoms with Gasteiger partial charge >= 0.3 is 51.4 Å². The fourth-order valence-electron chi connectivity index (χ4n) is 2.12. The van der Waals surface area contributed by atoms with Gasteiger partial charge in [-0.15, -0.1) is 13.1 Å². The Morgan fingerprint density at radius 1 is 1.23 bits per heavy atom. The normalized spacial score (nSPS) is 34.8. The zero-order chi connectivity index (χ0) is 8.39. The summed E-state index contributed by atoms with van der Waals surface area (Å²) in [5.41, 5.74) is 0. The van der Waals surface area contributed by atoms with Crippen molar-refractivity contribution in [3.8, 4) is 0 Å². The smallest absolute Gasteiger partial charge is 0.660 e. The second kappa shape index (κ2) is 6.18. The van der Waals surface area contributed by atoms with Gasteiger partial charge in [0.25, 0.3) is 0 Å². The molecule has 1 N–H and O–H groups in total. The molecule has 4 heteroatoms. The van der Waals surface area contributed by atoms with Gasteiger partial charge in [0.15, 0.2) is 0 Å². The first-order valence-corrected chi connectivity index (χ1v) is 4.90. The van der Waals surface area contributed by atoms with Gasteiger partial charge in [-0.3, -0.25) is 0 Å². The van der Waals surface area contributed by atoms with Crippen molar-refractivity contribution < 1.29 is 56.5 Å². The first-order valence-electron chi connectivity index (χ1n) is 4.90. The molecule has 0 saturated carbocycles. The van der Waals surface area contributed by atoms with Crippen LogP contribution >= 0.6 is 0 Å². The summed E-state index contributed by atoms with van der Waals surface area (Å²) in [6, 6.07) is 0. The van der Waals surface area contributed by atoms with E-state index >= 15 is 0 Å². The Morgan fingerprint density at radius 2 is 1.92 bits per heavy atom. The molecule has 0 amide bonds. The molecule has 3 nitrogen and oxygen atoms in total. The molecule has 0 aromatic carbocycles. The number of aliphatic hydroxyl groups excluding tert-OH is 1. The summed E-state index contributed by atoms with van der Waals surface area (Å²) in [6.07, 6.45) is 2.51. The molecule has 2 fully saturated rings. The molecule has 13 heavy (non-hydrogen) atoms. The maximum Gasteiger partial charge on any atom is 1.00 e. The summed E-state index contributed by atoms with van der Waals surface area (Å²) in [7, 11) is 0. The van der Waals surface area contributed by atoms with Crippen LogP contribution in [-0.4, -0.2) is 48.8 Å². The van der Waals surface area contributed by atoms with Gasteiger partial charge in [-0.2, -0.15) is 0 Å². The molecule has 0 aromatic rings. The molecule has 70 valence electrons. The van der Waals surface area contributed by atoms with E-state index in [2.05, 4.69) is 10.2 Å². The molecule has 2 aliphatic rings. The van der Waals surface area contributed by atoms with E-state index in [-0.39, 0.29) is 57.5 Å². The minimum atomic E-state index is -0.161. The minimum Gasteiger partial charge on any atom is -0.660 e. The molecule has 0 bridgehead atoms. The molecule has 2 saturated heterocycles. The van der Waals surface area contributed by atoms with E-state index < -0.39 is 0 Å². The summed E-state index contributed by atoms with van der Waals surface area (Å²) >= 11 is 0. The Morgan fingerprint density at radius 3 is 2.46 bits per heavy atom. The quantitative estimate of drug-likeness (QED) is 0.508. The van der Waals surface area contributed by atoms with Gasteiger partial charge in [-0.25, -0.2) is 0 Å². The van der Waals surface area contributed by atoms with E-state index in [1.807, 2.05) is 0 Å². The standard InChI is InChI=1S/C9H17N2O.K/c12-9-6-10-5-8(9)7-11-3-1-2-4-11;/h8-9,12H,1-7H2;/q-1;+1. The van der Waals surface area contributed by atoms with Crippen LogP contribution in [0.25, 0.3) is 5.32 Å². The second-order valence-electron chi connectivity index (χ2n) is 3.92. The Kier molecular flexibility index (Phi) is 5.98. The number of likely N-dealkylation sites (tertiary alicyclic amines) is 1. The van der Waals surface area contributed by atoms with Crippen molar-refractivity contribution in [2.24, 2.45) is 5.92 Å². The maximum atomic E-state index is 9.53. The predicted octanol–water partition coefficient (Wildman–Crippen LogP) is -2.55. The minimum absolute atomic E-state index is 0. The zero-order valence-electron chi connectivity index (χ0n) is 8.45. The van der Waals surface area contributed by atoms with E-state index in [9.17, 15) is 5.11 Å². The van der Waals surface area contributed by atoms with Crippen molar-refractivity contribution in [2.75, 3.05) is 32.7 Å². The maximum absolute atomic E-state index is 9.53. The van der Waals surface area contributed by atoms with Crippen LogP contribution in [0.4, 0.5) is 0 Å². The molecule has 2 rings (SSSR count). The number of nitrogens with zero attached hydrogens (tertiary/aromatic N) is 2. The Labute approximate surface area is 123 Å². The van der Waals surface area contributed by atoms with Crippen molar-refractivity contribution in [1.82, 2.24) is 4.90 Å². The van der Waals surface area contributed by atoms with Crippen molar-refractivity contribution in [3.05, 3.63) is 5.32 Å². The molecule has 0 radical (unpaired) electrons. The van der Waals surface area contributed by atoms with Crippen LogP contribution in [-0.2, 0) is 0 Å². The van der Waals surface area contributed by atoms with Crippen LogP contribution in [0.1, 0.15) is 12.8 Å². The third-order valence-electron chi connectivity index (χ3n) is 2.92. The monoisotopic (exact) mass is 208 g/mol.